The van der Waals surface area contributed by atoms with Crippen LogP contribution in [0.5, 0.6) is 0 Å². The standard InChI is InChI=1S/C21H24NO3/c1-4-19(23)20(24)15-22(2,3)14-16-10-12-18(13-11-16)21(25)17-8-6-5-7-9-17/h4-13,20,24H,1,14-15H2,2-3H3/q+1. The molecule has 2 rings (SSSR count). The highest BCUT2D eigenvalue weighted by molar-refractivity contribution is 6.08. The number of ketones is 2. The van der Waals surface area contributed by atoms with Crippen LogP contribution in [0.15, 0.2) is 67.3 Å². The van der Waals surface area contributed by atoms with E-state index < -0.39 is 6.10 Å². The van der Waals surface area contributed by atoms with Crippen molar-refractivity contribution in [2.75, 3.05) is 20.6 Å². The van der Waals surface area contributed by atoms with E-state index in [0.717, 1.165) is 11.6 Å². The normalized spacial score (nSPS) is 12.4. The van der Waals surface area contributed by atoms with Crippen LogP contribution in [0.2, 0.25) is 0 Å². The number of rotatable bonds is 8. The van der Waals surface area contributed by atoms with Crippen molar-refractivity contribution in [3.63, 3.8) is 0 Å². The third-order valence-electron chi connectivity index (χ3n) is 4.06. The van der Waals surface area contributed by atoms with Crippen LogP contribution in [0.3, 0.4) is 0 Å². The maximum Gasteiger partial charge on any atom is 0.193 e. The molecule has 0 saturated heterocycles. The summed E-state index contributed by atoms with van der Waals surface area (Å²) in [7, 11) is 3.89. The maximum absolute atomic E-state index is 12.4. The minimum atomic E-state index is -1.05. The van der Waals surface area contributed by atoms with E-state index in [1.54, 1.807) is 12.1 Å². The van der Waals surface area contributed by atoms with Crippen molar-refractivity contribution < 1.29 is 19.2 Å². The fourth-order valence-electron chi connectivity index (χ4n) is 2.77. The van der Waals surface area contributed by atoms with E-state index in [9.17, 15) is 14.7 Å². The summed E-state index contributed by atoms with van der Waals surface area (Å²) in [5.41, 5.74) is 2.34. The second-order valence-electron chi connectivity index (χ2n) is 6.79. The van der Waals surface area contributed by atoms with Crippen molar-refractivity contribution in [1.29, 1.82) is 0 Å². The first-order valence-electron chi connectivity index (χ1n) is 8.17. The number of nitrogens with zero attached hydrogens (tertiary/aromatic N) is 1. The summed E-state index contributed by atoms with van der Waals surface area (Å²) >= 11 is 0. The number of carbonyl (C=O) groups excluding carboxylic acids is 2. The third kappa shape index (κ3) is 5.21. The van der Waals surface area contributed by atoms with Gasteiger partial charge in [0, 0.05) is 16.7 Å². The highest BCUT2D eigenvalue weighted by Gasteiger charge is 2.24. The first-order chi connectivity index (χ1) is 11.8. The van der Waals surface area contributed by atoms with Crippen LogP contribution in [0.1, 0.15) is 21.5 Å². The molecule has 2 aromatic rings. The van der Waals surface area contributed by atoms with Gasteiger partial charge in [0.25, 0.3) is 0 Å². The molecule has 130 valence electrons. The fraction of sp³-hybridized carbons (Fsp3) is 0.238. The minimum absolute atomic E-state index is 0.00657. The summed E-state index contributed by atoms with van der Waals surface area (Å²) in [6.45, 7) is 4.34. The predicted octanol–water partition coefficient (Wildman–Crippen LogP) is 2.61. The minimum Gasteiger partial charge on any atom is -0.379 e. The molecule has 0 bridgehead atoms. The van der Waals surface area contributed by atoms with E-state index >= 15 is 0 Å². The van der Waals surface area contributed by atoms with Crippen LogP contribution >= 0.6 is 0 Å². The van der Waals surface area contributed by atoms with E-state index in [2.05, 4.69) is 6.58 Å². The summed E-state index contributed by atoms with van der Waals surface area (Å²) in [5.74, 6) is -0.372. The van der Waals surface area contributed by atoms with Gasteiger partial charge in [0.2, 0.25) is 0 Å². The second kappa shape index (κ2) is 8.01. The number of aliphatic hydroxyl groups excluding tert-OH is 1. The molecule has 1 atom stereocenters. The molecule has 0 saturated carbocycles. The van der Waals surface area contributed by atoms with Crippen molar-refractivity contribution in [3.8, 4) is 0 Å². The van der Waals surface area contributed by atoms with Gasteiger partial charge in [0.1, 0.15) is 13.1 Å². The first kappa shape index (κ1) is 18.8. The molecule has 0 spiro atoms. The van der Waals surface area contributed by atoms with Gasteiger partial charge >= 0.3 is 0 Å². The molecule has 2 aromatic carbocycles. The Morgan fingerprint density at radius 1 is 1.04 bits per heavy atom. The van der Waals surface area contributed by atoms with Crippen LogP contribution in [-0.4, -0.2) is 47.9 Å². The van der Waals surface area contributed by atoms with Crippen LogP contribution in [0.4, 0.5) is 0 Å². The number of likely N-dealkylation sites (N-methyl/N-ethyl adjacent to an activating group) is 1. The zero-order valence-corrected chi connectivity index (χ0v) is 14.7. The zero-order chi connectivity index (χ0) is 18.4. The number of carbonyl (C=O) groups is 2. The zero-order valence-electron chi connectivity index (χ0n) is 14.7. The molecule has 0 aliphatic heterocycles. The van der Waals surface area contributed by atoms with Gasteiger partial charge in [-0.15, -0.1) is 0 Å². The predicted molar refractivity (Wildman–Crippen MR) is 98.2 cm³/mol. The quantitative estimate of drug-likeness (QED) is 0.457. The smallest absolute Gasteiger partial charge is 0.193 e. The lowest BCUT2D eigenvalue weighted by Crippen LogP contribution is -2.46. The highest BCUT2D eigenvalue weighted by atomic mass is 16.3. The molecule has 0 aliphatic carbocycles. The van der Waals surface area contributed by atoms with Crippen LogP contribution in [0, 0.1) is 0 Å². The first-order valence-corrected chi connectivity index (χ1v) is 8.17. The Morgan fingerprint density at radius 2 is 1.60 bits per heavy atom. The Bertz CT molecular complexity index is 748. The van der Waals surface area contributed by atoms with Crippen molar-refractivity contribution in [3.05, 3.63) is 83.9 Å². The summed E-state index contributed by atoms with van der Waals surface area (Å²) < 4.78 is 0.451. The molecule has 0 heterocycles. The van der Waals surface area contributed by atoms with E-state index in [1.165, 1.54) is 0 Å². The molecular formula is C21H24NO3+. The van der Waals surface area contributed by atoms with Crippen LogP contribution < -0.4 is 0 Å². The largest absolute Gasteiger partial charge is 0.379 e. The van der Waals surface area contributed by atoms with Gasteiger partial charge in [-0.05, 0) is 6.08 Å². The second-order valence-corrected chi connectivity index (χ2v) is 6.79. The summed E-state index contributed by atoms with van der Waals surface area (Å²) in [6.07, 6.45) is 0.0979. The van der Waals surface area contributed by atoms with Crippen molar-refractivity contribution in [1.82, 2.24) is 0 Å². The Balaban J connectivity index is 2.06. The lowest BCUT2D eigenvalue weighted by molar-refractivity contribution is -0.905. The maximum atomic E-state index is 12.4. The van der Waals surface area contributed by atoms with Crippen molar-refractivity contribution in [2.45, 2.75) is 12.6 Å². The molecule has 4 heteroatoms. The summed E-state index contributed by atoms with van der Waals surface area (Å²) in [5, 5.41) is 9.89. The van der Waals surface area contributed by atoms with Gasteiger partial charge in [0.05, 0.1) is 14.1 Å². The van der Waals surface area contributed by atoms with Gasteiger partial charge < -0.3 is 9.59 Å². The number of benzene rings is 2. The molecule has 0 amide bonds. The molecule has 1 N–H and O–H groups in total. The van der Waals surface area contributed by atoms with Crippen LogP contribution in [0.25, 0.3) is 0 Å². The van der Waals surface area contributed by atoms with E-state index in [1.807, 2.05) is 56.6 Å². The fourth-order valence-corrected chi connectivity index (χ4v) is 2.77. The topological polar surface area (TPSA) is 54.4 Å². The Kier molecular flexibility index (Phi) is 6.02. The Morgan fingerprint density at radius 3 is 2.16 bits per heavy atom. The highest BCUT2D eigenvalue weighted by Crippen LogP contribution is 2.15. The van der Waals surface area contributed by atoms with Crippen LogP contribution in [-0.2, 0) is 11.3 Å². The van der Waals surface area contributed by atoms with Gasteiger partial charge in [0.15, 0.2) is 17.7 Å². The molecule has 0 aliphatic rings. The summed E-state index contributed by atoms with van der Waals surface area (Å²) in [4.78, 5) is 23.9. The van der Waals surface area contributed by atoms with Crippen molar-refractivity contribution >= 4 is 11.6 Å². The average Bonchev–Trinajstić information content (AvgIpc) is 2.61. The molecule has 1 unspecified atom stereocenters. The van der Waals surface area contributed by atoms with E-state index in [4.69, 9.17) is 0 Å². The van der Waals surface area contributed by atoms with Gasteiger partial charge in [-0.2, -0.15) is 0 Å². The van der Waals surface area contributed by atoms with E-state index in [0.29, 0.717) is 28.7 Å². The third-order valence-corrected chi connectivity index (χ3v) is 4.06. The molecule has 4 nitrogen and oxygen atoms in total. The molecule has 25 heavy (non-hydrogen) atoms. The molecule has 0 aromatic heterocycles. The molecular weight excluding hydrogens is 314 g/mol. The van der Waals surface area contributed by atoms with Gasteiger partial charge in [-0.1, -0.05) is 61.2 Å². The number of quaternary nitrogens is 1. The van der Waals surface area contributed by atoms with Crippen molar-refractivity contribution in [2.24, 2.45) is 0 Å². The van der Waals surface area contributed by atoms with Gasteiger partial charge in [-0.3, -0.25) is 9.59 Å². The average molecular weight is 338 g/mol. The molecule has 0 fully saturated rings. The SMILES string of the molecule is C=CC(=O)C(O)C[N+](C)(C)Cc1ccc(C(=O)c2ccccc2)cc1. The lowest BCUT2D eigenvalue weighted by Gasteiger charge is -2.31. The monoisotopic (exact) mass is 338 g/mol. The number of aliphatic hydroxyl groups is 1. The summed E-state index contributed by atoms with van der Waals surface area (Å²) in [6, 6.07) is 16.6. The Hall–Kier alpha value is -2.56. The number of hydrogen-bond donors (Lipinski definition) is 1. The Labute approximate surface area is 148 Å². The van der Waals surface area contributed by atoms with E-state index in [-0.39, 0.29) is 11.6 Å². The number of hydrogen-bond acceptors (Lipinski definition) is 3. The molecule has 0 radical (unpaired) electrons. The lowest BCUT2D eigenvalue weighted by atomic mass is 10.0. The van der Waals surface area contributed by atoms with Gasteiger partial charge in [-0.25, -0.2) is 0 Å².